The van der Waals surface area contributed by atoms with Crippen molar-refractivity contribution in [2.45, 2.75) is 34.6 Å². The normalized spacial score (nSPS) is 11.8. The van der Waals surface area contributed by atoms with E-state index in [0.29, 0.717) is 22.1 Å². The Hall–Kier alpha value is -2.14. The molecule has 0 fully saturated rings. The van der Waals surface area contributed by atoms with E-state index in [1.165, 1.54) is 11.3 Å². The SMILES string of the molecule is Cc1ccc2[nH]c(=O)c3cc(C(=O)N(CC(C)C)CC(C)C)sc3c2c1. The van der Waals surface area contributed by atoms with Gasteiger partial charge in [0, 0.05) is 28.7 Å². The number of carbonyl (C=O) groups excluding carboxylic acids is 1. The maximum absolute atomic E-state index is 13.1. The Balaban J connectivity index is 2.11. The van der Waals surface area contributed by atoms with Crippen LogP contribution in [0.3, 0.4) is 0 Å². The van der Waals surface area contributed by atoms with Crippen LogP contribution in [0.1, 0.15) is 42.9 Å². The summed E-state index contributed by atoms with van der Waals surface area (Å²) in [6.45, 7) is 11.9. The van der Waals surface area contributed by atoms with Crippen molar-refractivity contribution in [3.8, 4) is 0 Å². The second kappa shape index (κ2) is 7.23. The molecule has 26 heavy (non-hydrogen) atoms. The Kier molecular flexibility index (Phi) is 5.19. The number of aromatic amines is 1. The number of thiophene rings is 1. The zero-order valence-electron chi connectivity index (χ0n) is 16.1. The van der Waals surface area contributed by atoms with Crippen molar-refractivity contribution < 1.29 is 4.79 Å². The van der Waals surface area contributed by atoms with Crippen LogP contribution in [-0.2, 0) is 0 Å². The fourth-order valence-electron chi connectivity index (χ4n) is 3.29. The highest BCUT2D eigenvalue weighted by Gasteiger charge is 2.21. The summed E-state index contributed by atoms with van der Waals surface area (Å²) in [6.07, 6.45) is 0. The van der Waals surface area contributed by atoms with Crippen molar-refractivity contribution in [1.29, 1.82) is 0 Å². The Morgan fingerprint density at radius 1 is 1.08 bits per heavy atom. The van der Waals surface area contributed by atoms with Crippen LogP contribution in [0.5, 0.6) is 0 Å². The molecule has 0 aliphatic carbocycles. The van der Waals surface area contributed by atoms with Gasteiger partial charge in [0.05, 0.1) is 10.3 Å². The summed E-state index contributed by atoms with van der Waals surface area (Å²) in [7, 11) is 0. The molecule has 0 saturated heterocycles. The van der Waals surface area contributed by atoms with Crippen molar-refractivity contribution >= 4 is 38.2 Å². The quantitative estimate of drug-likeness (QED) is 0.701. The van der Waals surface area contributed by atoms with Gasteiger partial charge >= 0.3 is 0 Å². The smallest absolute Gasteiger partial charge is 0.263 e. The van der Waals surface area contributed by atoms with E-state index >= 15 is 0 Å². The first kappa shape index (κ1) is 18.6. The van der Waals surface area contributed by atoms with Gasteiger partial charge in [0.1, 0.15) is 0 Å². The number of pyridine rings is 1. The number of rotatable bonds is 5. The number of nitrogens with one attached hydrogen (secondary N) is 1. The van der Waals surface area contributed by atoms with E-state index in [-0.39, 0.29) is 11.5 Å². The van der Waals surface area contributed by atoms with E-state index in [9.17, 15) is 9.59 Å². The molecule has 0 radical (unpaired) electrons. The molecule has 5 heteroatoms. The Morgan fingerprint density at radius 2 is 1.73 bits per heavy atom. The lowest BCUT2D eigenvalue weighted by Crippen LogP contribution is -2.36. The standard InChI is InChI=1S/C21H26N2O2S/c1-12(2)10-23(11-13(3)4)21(25)18-9-16-19(26-18)15-8-14(5)6-7-17(15)22-20(16)24/h6-9,12-13H,10-11H2,1-5H3,(H,22,24). The maximum atomic E-state index is 13.1. The van der Waals surface area contributed by atoms with Gasteiger partial charge in [-0.15, -0.1) is 11.3 Å². The minimum Gasteiger partial charge on any atom is -0.337 e. The fraction of sp³-hybridized carbons (Fsp3) is 0.429. The second-order valence-electron chi connectivity index (χ2n) is 7.85. The lowest BCUT2D eigenvalue weighted by molar-refractivity contribution is 0.0720. The number of benzene rings is 1. The van der Waals surface area contributed by atoms with Gasteiger partial charge in [0.2, 0.25) is 0 Å². The van der Waals surface area contributed by atoms with Gasteiger partial charge in [0.15, 0.2) is 0 Å². The first-order chi connectivity index (χ1) is 12.3. The Labute approximate surface area is 157 Å². The van der Waals surface area contributed by atoms with E-state index < -0.39 is 0 Å². The Morgan fingerprint density at radius 3 is 2.35 bits per heavy atom. The van der Waals surface area contributed by atoms with Crippen LogP contribution in [0.4, 0.5) is 0 Å². The van der Waals surface area contributed by atoms with Gasteiger partial charge < -0.3 is 9.88 Å². The average Bonchev–Trinajstić information content (AvgIpc) is 3.00. The Bertz CT molecular complexity index is 1000. The average molecular weight is 371 g/mol. The highest BCUT2D eigenvalue weighted by molar-refractivity contribution is 7.21. The molecule has 1 aromatic carbocycles. The highest BCUT2D eigenvalue weighted by Crippen LogP contribution is 2.31. The van der Waals surface area contributed by atoms with Crippen LogP contribution < -0.4 is 5.56 Å². The highest BCUT2D eigenvalue weighted by atomic mass is 32.1. The first-order valence-corrected chi connectivity index (χ1v) is 9.93. The zero-order valence-corrected chi connectivity index (χ0v) is 16.9. The topological polar surface area (TPSA) is 53.2 Å². The van der Waals surface area contributed by atoms with Crippen molar-refractivity contribution in [2.75, 3.05) is 13.1 Å². The summed E-state index contributed by atoms with van der Waals surface area (Å²) >= 11 is 1.43. The maximum Gasteiger partial charge on any atom is 0.263 e. The molecule has 0 atom stereocenters. The van der Waals surface area contributed by atoms with Gasteiger partial charge in [-0.25, -0.2) is 0 Å². The largest absolute Gasteiger partial charge is 0.337 e. The van der Waals surface area contributed by atoms with E-state index in [0.717, 1.165) is 34.3 Å². The van der Waals surface area contributed by atoms with Crippen LogP contribution in [0, 0.1) is 18.8 Å². The van der Waals surface area contributed by atoms with Crippen LogP contribution in [0.25, 0.3) is 21.0 Å². The van der Waals surface area contributed by atoms with E-state index in [2.05, 4.69) is 38.7 Å². The van der Waals surface area contributed by atoms with Crippen LogP contribution in [-0.4, -0.2) is 28.9 Å². The van der Waals surface area contributed by atoms with Crippen molar-refractivity contribution in [3.05, 3.63) is 45.1 Å². The summed E-state index contributed by atoms with van der Waals surface area (Å²) in [5, 5.41) is 1.61. The first-order valence-electron chi connectivity index (χ1n) is 9.11. The summed E-state index contributed by atoms with van der Waals surface area (Å²) < 4.78 is 0.893. The molecule has 3 aromatic rings. The third-order valence-electron chi connectivity index (χ3n) is 4.31. The molecule has 2 aromatic heterocycles. The second-order valence-corrected chi connectivity index (χ2v) is 8.91. The molecule has 0 aliphatic heterocycles. The fourth-order valence-corrected chi connectivity index (χ4v) is 4.44. The predicted octanol–water partition coefficient (Wildman–Crippen LogP) is 4.81. The summed E-state index contributed by atoms with van der Waals surface area (Å²) in [5.74, 6) is 0.826. The van der Waals surface area contributed by atoms with Crippen LogP contribution >= 0.6 is 11.3 Å². The van der Waals surface area contributed by atoms with Gasteiger partial charge in [-0.3, -0.25) is 9.59 Å². The molecule has 3 rings (SSSR count). The number of hydrogen-bond donors (Lipinski definition) is 1. The molecule has 0 unspecified atom stereocenters. The summed E-state index contributed by atoms with van der Waals surface area (Å²) in [6, 6.07) is 7.74. The number of fused-ring (bicyclic) bond motifs is 3. The third kappa shape index (κ3) is 3.68. The number of amides is 1. The monoisotopic (exact) mass is 370 g/mol. The molecule has 1 N–H and O–H groups in total. The van der Waals surface area contributed by atoms with Gasteiger partial charge in [-0.1, -0.05) is 39.3 Å². The summed E-state index contributed by atoms with van der Waals surface area (Å²) in [5.41, 5.74) is 1.81. The molecule has 0 spiro atoms. The molecule has 0 bridgehead atoms. The molecule has 0 aliphatic rings. The third-order valence-corrected chi connectivity index (χ3v) is 5.47. The molecule has 2 heterocycles. The van der Waals surface area contributed by atoms with Crippen molar-refractivity contribution in [3.63, 3.8) is 0 Å². The van der Waals surface area contributed by atoms with Crippen LogP contribution in [0.15, 0.2) is 29.1 Å². The van der Waals surface area contributed by atoms with Crippen molar-refractivity contribution in [1.82, 2.24) is 9.88 Å². The number of H-pyrrole nitrogens is 1. The minimum atomic E-state index is -0.133. The molecular weight excluding hydrogens is 344 g/mol. The number of hydrogen-bond acceptors (Lipinski definition) is 3. The lowest BCUT2D eigenvalue weighted by atomic mass is 10.1. The van der Waals surface area contributed by atoms with Gasteiger partial charge in [-0.05, 0) is 37.0 Å². The van der Waals surface area contributed by atoms with Crippen molar-refractivity contribution in [2.24, 2.45) is 11.8 Å². The van der Waals surface area contributed by atoms with Crippen LogP contribution in [0.2, 0.25) is 0 Å². The molecule has 138 valence electrons. The molecule has 4 nitrogen and oxygen atoms in total. The lowest BCUT2D eigenvalue weighted by Gasteiger charge is -2.25. The summed E-state index contributed by atoms with van der Waals surface area (Å²) in [4.78, 5) is 31.1. The van der Waals surface area contributed by atoms with E-state index in [1.54, 1.807) is 6.07 Å². The number of aryl methyl sites for hydroxylation is 1. The minimum absolute atomic E-state index is 0.0220. The zero-order chi connectivity index (χ0) is 19.0. The van der Waals surface area contributed by atoms with Gasteiger partial charge in [-0.2, -0.15) is 0 Å². The van der Waals surface area contributed by atoms with E-state index in [4.69, 9.17) is 0 Å². The number of aromatic nitrogens is 1. The van der Waals surface area contributed by atoms with E-state index in [1.807, 2.05) is 24.0 Å². The molecule has 1 amide bonds. The number of carbonyl (C=O) groups is 1. The molecule has 0 saturated carbocycles. The molecular formula is C21H26N2O2S. The predicted molar refractivity (Wildman–Crippen MR) is 110 cm³/mol. The van der Waals surface area contributed by atoms with Gasteiger partial charge in [0.25, 0.3) is 11.5 Å². The number of nitrogens with zero attached hydrogens (tertiary/aromatic N) is 1.